The minimum atomic E-state index is 0.0333. The molecule has 7 heteroatoms. The smallest absolute Gasteiger partial charge is 0.257 e. The first-order chi connectivity index (χ1) is 14.2. The van der Waals surface area contributed by atoms with E-state index in [1.54, 1.807) is 18.5 Å². The fraction of sp³-hybridized carbons (Fsp3) is 0.500. The van der Waals surface area contributed by atoms with E-state index < -0.39 is 0 Å². The second-order valence-electron chi connectivity index (χ2n) is 7.95. The molecule has 29 heavy (non-hydrogen) atoms. The highest BCUT2D eigenvalue weighted by Gasteiger charge is 2.32. The van der Waals surface area contributed by atoms with Gasteiger partial charge < -0.3 is 14.6 Å². The normalized spacial score (nSPS) is 21.1. The van der Waals surface area contributed by atoms with Gasteiger partial charge in [0.1, 0.15) is 6.26 Å². The lowest BCUT2D eigenvalue weighted by Gasteiger charge is -2.42. The van der Waals surface area contributed by atoms with E-state index in [0.717, 1.165) is 57.4 Å². The van der Waals surface area contributed by atoms with Crippen LogP contribution in [0.2, 0.25) is 0 Å². The number of hydrogen-bond donors (Lipinski definition) is 1. The summed E-state index contributed by atoms with van der Waals surface area (Å²) in [6.07, 6.45) is 10.4. The van der Waals surface area contributed by atoms with E-state index >= 15 is 0 Å². The molecular weight excluding hydrogens is 368 g/mol. The van der Waals surface area contributed by atoms with Crippen molar-refractivity contribution >= 4 is 11.8 Å². The van der Waals surface area contributed by atoms with E-state index in [0.29, 0.717) is 18.2 Å². The number of nitrogens with zero attached hydrogens (tertiary/aromatic N) is 3. The van der Waals surface area contributed by atoms with Crippen molar-refractivity contribution in [3.05, 3.63) is 54.2 Å². The van der Waals surface area contributed by atoms with Crippen LogP contribution in [-0.4, -0.2) is 58.8 Å². The molecule has 0 bridgehead atoms. The van der Waals surface area contributed by atoms with Crippen LogP contribution >= 0.6 is 0 Å². The van der Waals surface area contributed by atoms with Gasteiger partial charge in [-0.2, -0.15) is 0 Å². The maximum atomic E-state index is 12.7. The van der Waals surface area contributed by atoms with Gasteiger partial charge in [-0.25, -0.2) is 0 Å². The van der Waals surface area contributed by atoms with Crippen LogP contribution in [0.4, 0.5) is 0 Å². The number of nitrogens with one attached hydrogen (secondary N) is 1. The van der Waals surface area contributed by atoms with E-state index in [9.17, 15) is 9.59 Å². The molecule has 2 fully saturated rings. The maximum Gasteiger partial charge on any atom is 0.257 e. The van der Waals surface area contributed by atoms with Crippen LogP contribution in [0.25, 0.3) is 0 Å². The standard InChI is InChI=1S/C22H28N4O3/c27-21(24-14-17-3-1-8-23-13-17)18-4-2-9-26(15-18)20-5-10-25(11-6-20)22(28)19-7-12-29-16-19/h1,3,7-8,12-13,16,18,20H,2,4-6,9-11,14-15H2,(H,24,27)/t18-/m1/s1. The highest BCUT2D eigenvalue weighted by molar-refractivity contribution is 5.93. The van der Waals surface area contributed by atoms with Gasteiger partial charge in [-0.1, -0.05) is 6.07 Å². The molecule has 154 valence electrons. The lowest BCUT2D eigenvalue weighted by molar-refractivity contribution is -0.127. The number of aromatic nitrogens is 1. The van der Waals surface area contributed by atoms with Gasteiger partial charge in [0.05, 0.1) is 17.7 Å². The molecule has 0 unspecified atom stereocenters. The second-order valence-corrected chi connectivity index (χ2v) is 7.95. The molecule has 0 aromatic carbocycles. The van der Waals surface area contributed by atoms with E-state index in [2.05, 4.69) is 15.2 Å². The molecule has 2 aliphatic heterocycles. The summed E-state index contributed by atoms with van der Waals surface area (Å²) in [6, 6.07) is 6.01. The Labute approximate surface area is 171 Å². The Bertz CT molecular complexity index is 801. The first-order valence-corrected chi connectivity index (χ1v) is 10.4. The number of rotatable bonds is 5. The SMILES string of the molecule is O=C(NCc1cccnc1)[C@@H]1CCCN(C2CCN(C(=O)c3ccoc3)CC2)C1. The zero-order valence-electron chi connectivity index (χ0n) is 16.6. The van der Waals surface area contributed by atoms with Crippen molar-refractivity contribution in [3.63, 3.8) is 0 Å². The molecule has 7 nitrogen and oxygen atoms in total. The average molecular weight is 396 g/mol. The Morgan fingerprint density at radius 3 is 2.76 bits per heavy atom. The summed E-state index contributed by atoms with van der Waals surface area (Å²) in [5.74, 6) is 0.209. The Morgan fingerprint density at radius 1 is 1.17 bits per heavy atom. The minimum absolute atomic E-state index is 0.0333. The zero-order valence-corrected chi connectivity index (χ0v) is 16.6. The molecule has 0 aliphatic carbocycles. The van der Waals surface area contributed by atoms with E-state index in [-0.39, 0.29) is 17.7 Å². The molecule has 2 aliphatic rings. The molecule has 2 amide bonds. The number of pyridine rings is 1. The fourth-order valence-corrected chi connectivity index (χ4v) is 4.39. The van der Waals surface area contributed by atoms with Gasteiger partial charge in [-0.15, -0.1) is 0 Å². The van der Waals surface area contributed by atoms with Crippen LogP contribution in [0.15, 0.2) is 47.5 Å². The molecule has 2 saturated heterocycles. The van der Waals surface area contributed by atoms with Crippen molar-refractivity contribution < 1.29 is 14.0 Å². The lowest BCUT2D eigenvalue weighted by Crippen LogP contribution is -2.51. The van der Waals surface area contributed by atoms with Crippen LogP contribution in [0, 0.1) is 5.92 Å². The summed E-state index contributed by atoms with van der Waals surface area (Å²) in [5, 5.41) is 3.06. The van der Waals surface area contributed by atoms with Crippen molar-refractivity contribution in [3.8, 4) is 0 Å². The minimum Gasteiger partial charge on any atom is -0.472 e. The topological polar surface area (TPSA) is 78.7 Å². The maximum absolute atomic E-state index is 12.7. The van der Waals surface area contributed by atoms with Crippen LogP contribution < -0.4 is 5.32 Å². The number of hydrogen-bond acceptors (Lipinski definition) is 5. The Morgan fingerprint density at radius 2 is 2.03 bits per heavy atom. The highest BCUT2D eigenvalue weighted by atomic mass is 16.3. The third-order valence-electron chi connectivity index (χ3n) is 6.05. The van der Waals surface area contributed by atoms with Crippen molar-refractivity contribution in [1.29, 1.82) is 0 Å². The number of amides is 2. The van der Waals surface area contributed by atoms with Gasteiger partial charge in [0.25, 0.3) is 5.91 Å². The first-order valence-electron chi connectivity index (χ1n) is 10.4. The Kier molecular flexibility index (Phi) is 6.24. The average Bonchev–Trinajstić information content (AvgIpc) is 3.33. The van der Waals surface area contributed by atoms with Gasteiger partial charge >= 0.3 is 0 Å². The summed E-state index contributed by atoms with van der Waals surface area (Å²) < 4.78 is 5.03. The summed E-state index contributed by atoms with van der Waals surface area (Å²) in [6.45, 7) is 3.87. The van der Waals surface area contributed by atoms with Gasteiger partial charge in [0, 0.05) is 44.6 Å². The second kappa shape index (κ2) is 9.22. The molecule has 0 radical (unpaired) electrons. The summed E-state index contributed by atoms with van der Waals surface area (Å²) in [7, 11) is 0. The largest absolute Gasteiger partial charge is 0.472 e. The van der Waals surface area contributed by atoms with Crippen LogP contribution in [0.3, 0.4) is 0 Å². The van der Waals surface area contributed by atoms with E-state index in [1.807, 2.05) is 17.0 Å². The summed E-state index contributed by atoms with van der Waals surface area (Å²) >= 11 is 0. The number of piperidine rings is 2. The fourth-order valence-electron chi connectivity index (χ4n) is 4.39. The number of likely N-dealkylation sites (tertiary alicyclic amines) is 2. The van der Waals surface area contributed by atoms with Crippen LogP contribution in [0.5, 0.6) is 0 Å². The molecule has 0 spiro atoms. The number of carbonyl (C=O) groups excluding carboxylic acids is 2. The van der Waals surface area contributed by atoms with Crippen molar-refractivity contribution in [2.24, 2.45) is 5.92 Å². The number of furan rings is 1. The van der Waals surface area contributed by atoms with Gasteiger partial charge in [-0.05, 0) is 49.9 Å². The molecule has 1 N–H and O–H groups in total. The molecule has 1 atom stereocenters. The Hall–Kier alpha value is -2.67. The summed E-state index contributed by atoms with van der Waals surface area (Å²) in [4.78, 5) is 33.6. The highest BCUT2D eigenvalue weighted by Crippen LogP contribution is 2.25. The molecule has 4 heterocycles. The third kappa shape index (κ3) is 4.85. The van der Waals surface area contributed by atoms with Crippen molar-refractivity contribution in [1.82, 2.24) is 20.1 Å². The zero-order chi connectivity index (χ0) is 20.1. The molecule has 2 aromatic rings. The Balaban J connectivity index is 1.25. The monoisotopic (exact) mass is 396 g/mol. The van der Waals surface area contributed by atoms with E-state index in [1.165, 1.54) is 12.5 Å². The molecule has 2 aromatic heterocycles. The summed E-state index contributed by atoms with van der Waals surface area (Å²) in [5.41, 5.74) is 1.63. The molecule has 0 saturated carbocycles. The van der Waals surface area contributed by atoms with Crippen molar-refractivity contribution in [2.45, 2.75) is 38.3 Å². The first kappa shape index (κ1) is 19.6. The van der Waals surface area contributed by atoms with Crippen LogP contribution in [-0.2, 0) is 11.3 Å². The number of carbonyl (C=O) groups is 2. The third-order valence-corrected chi connectivity index (χ3v) is 6.05. The van der Waals surface area contributed by atoms with Crippen LogP contribution in [0.1, 0.15) is 41.6 Å². The lowest BCUT2D eigenvalue weighted by atomic mass is 9.93. The molecule has 4 rings (SSSR count). The predicted octanol–water partition coefficient (Wildman–Crippen LogP) is 2.31. The van der Waals surface area contributed by atoms with Gasteiger partial charge in [-0.3, -0.25) is 19.5 Å². The van der Waals surface area contributed by atoms with E-state index in [4.69, 9.17) is 4.42 Å². The predicted molar refractivity (Wildman–Crippen MR) is 108 cm³/mol. The quantitative estimate of drug-likeness (QED) is 0.839. The van der Waals surface area contributed by atoms with Gasteiger partial charge in [0.2, 0.25) is 5.91 Å². The van der Waals surface area contributed by atoms with Crippen molar-refractivity contribution in [2.75, 3.05) is 26.2 Å². The van der Waals surface area contributed by atoms with Gasteiger partial charge in [0.15, 0.2) is 0 Å². The molecular formula is C22H28N4O3.